The van der Waals surface area contributed by atoms with E-state index in [0.717, 1.165) is 5.56 Å². The number of rotatable bonds is 4. The fraction of sp³-hybridized carbons (Fsp3) is 0.211. The van der Waals surface area contributed by atoms with Gasteiger partial charge in [-0.3, -0.25) is 9.59 Å². The molecule has 3 rings (SSSR count). The third-order valence-electron chi connectivity index (χ3n) is 3.89. The summed E-state index contributed by atoms with van der Waals surface area (Å²) in [5.74, 6) is -0.280. The average Bonchev–Trinajstić information content (AvgIpc) is 2.65. The lowest BCUT2D eigenvalue weighted by Gasteiger charge is -2.29. The fourth-order valence-electron chi connectivity index (χ4n) is 2.57. The van der Waals surface area contributed by atoms with Crippen molar-refractivity contribution in [2.45, 2.75) is 6.92 Å². The molecule has 1 aliphatic rings. The van der Waals surface area contributed by atoms with Crippen molar-refractivity contribution < 1.29 is 23.9 Å². The summed E-state index contributed by atoms with van der Waals surface area (Å²) in [5, 5.41) is 0. The average molecular weight is 339 g/mol. The molecule has 6 heteroatoms. The minimum atomic E-state index is -0.608. The van der Waals surface area contributed by atoms with Crippen LogP contribution >= 0.6 is 0 Å². The highest BCUT2D eigenvalue weighted by atomic mass is 16.5. The van der Waals surface area contributed by atoms with Gasteiger partial charge in [0.05, 0.1) is 17.8 Å². The second-order valence-corrected chi connectivity index (χ2v) is 5.68. The maximum Gasteiger partial charge on any atom is 0.338 e. The lowest BCUT2D eigenvalue weighted by Crippen LogP contribution is -2.40. The molecule has 2 aromatic rings. The van der Waals surface area contributed by atoms with Crippen molar-refractivity contribution in [3.8, 4) is 5.75 Å². The first kappa shape index (κ1) is 16.7. The van der Waals surface area contributed by atoms with E-state index in [-0.39, 0.29) is 18.1 Å². The first-order chi connectivity index (χ1) is 12.1. The number of aldehydes is 1. The van der Waals surface area contributed by atoms with Gasteiger partial charge in [0.15, 0.2) is 6.61 Å². The highest BCUT2D eigenvalue weighted by Gasteiger charge is 2.24. The van der Waals surface area contributed by atoms with Crippen LogP contribution in [0.2, 0.25) is 0 Å². The molecule has 0 atom stereocenters. The zero-order valence-electron chi connectivity index (χ0n) is 13.7. The Morgan fingerprint density at radius 2 is 1.96 bits per heavy atom. The van der Waals surface area contributed by atoms with Crippen molar-refractivity contribution in [1.82, 2.24) is 0 Å². The predicted octanol–water partition coefficient (Wildman–Crippen LogP) is 2.39. The van der Waals surface area contributed by atoms with Crippen molar-refractivity contribution in [3.05, 3.63) is 59.2 Å². The molecule has 1 amide bonds. The SMILES string of the molecule is Cc1ccc2c(c1)N(C(=O)COC(=O)c1ccc(C=O)cc1)CCO2. The quantitative estimate of drug-likeness (QED) is 0.632. The van der Waals surface area contributed by atoms with Gasteiger partial charge >= 0.3 is 5.97 Å². The Labute approximate surface area is 145 Å². The number of anilines is 1. The Hall–Kier alpha value is -3.15. The summed E-state index contributed by atoms with van der Waals surface area (Å²) in [7, 11) is 0. The molecule has 2 aromatic carbocycles. The second-order valence-electron chi connectivity index (χ2n) is 5.68. The molecule has 0 spiro atoms. The van der Waals surface area contributed by atoms with E-state index in [4.69, 9.17) is 9.47 Å². The Bertz CT molecular complexity index is 813. The van der Waals surface area contributed by atoms with Crippen LogP contribution in [-0.2, 0) is 9.53 Å². The summed E-state index contributed by atoms with van der Waals surface area (Å²) in [6, 6.07) is 11.6. The van der Waals surface area contributed by atoms with E-state index in [1.807, 2.05) is 25.1 Å². The first-order valence-corrected chi connectivity index (χ1v) is 7.84. The van der Waals surface area contributed by atoms with E-state index in [1.165, 1.54) is 24.3 Å². The molecule has 0 aromatic heterocycles. The van der Waals surface area contributed by atoms with Gasteiger partial charge in [-0.2, -0.15) is 0 Å². The number of aryl methyl sites for hydroxylation is 1. The molecule has 0 fully saturated rings. The third-order valence-corrected chi connectivity index (χ3v) is 3.89. The Morgan fingerprint density at radius 1 is 1.20 bits per heavy atom. The van der Waals surface area contributed by atoms with E-state index < -0.39 is 5.97 Å². The molecule has 25 heavy (non-hydrogen) atoms. The summed E-state index contributed by atoms with van der Waals surface area (Å²) in [5.41, 5.74) is 2.45. The van der Waals surface area contributed by atoms with Gasteiger partial charge in [0.1, 0.15) is 18.6 Å². The standard InChI is InChI=1S/C19H17NO5/c1-13-2-7-17-16(10-13)20(8-9-24-17)18(22)12-25-19(23)15-5-3-14(11-21)4-6-15/h2-7,10-11H,8-9,12H2,1H3. The Morgan fingerprint density at radius 3 is 2.68 bits per heavy atom. The number of carbonyl (C=O) groups is 3. The van der Waals surface area contributed by atoms with E-state index in [9.17, 15) is 14.4 Å². The minimum absolute atomic E-state index is 0.289. The van der Waals surface area contributed by atoms with Gasteiger partial charge in [0, 0.05) is 5.56 Å². The summed E-state index contributed by atoms with van der Waals surface area (Å²) in [6.45, 7) is 2.37. The molecular formula is C19H17NO5. The van der Waals surface area contributed by atoms with Crippen molar-refractivity contribution in [1.29, 1.82) is 0 Å². The zero-order chi connectivity index (χ0) is 17.8. The van der Waals surface area contributed by atoms with Crippen LogP contribution in [0.5, 0.6) is 5.75 Å². The largest absolute Gasteiger partial charge is 0.490 e. The summed E-state index contributed by atoms with van der Waals surface area (Å²) in [4.78, 5) is 36.7. The van der Waals surface area contributed by atoms with E-state index in [2.05, 4.69) is 0 Å². The van der Waals surface area contributed by atoms with Crippen LogP contribution in [0.25, 0.3) is 0 Å². The van der Waals surface area contributed by atoms with Crippen LogP contribution in [0.3, 0.4) is 0 Å². The summed E-state index contributed by atoms with van der Waals surface area (Å²) in [6.07, 6.45) is 0.691. The van der Waals surface area contributed by atoms with Crippen LogP contribution in [-0.4, -0.2) is 37.9 Å². The van der Waals surface area contributed by atoms with Gasteiger partial charge in [0.2, 0.25) is 0 Å². The number of fused-ring (bicyclic) bond motifs is 1. The summed E-state index contributed by atoms with van der Waals surface area (Å²) >= 11 is 0. The van der Waals surface area contributed by atoms with E-state index in [0.29, 0.717) is 36.4 Å². The maximum atomic E-state index is 12.5. The normalized spacial score (nSPS) is 12.8. The number of ether oxygens (including phenoxy) is 2. The number of benzene rings is 2. The van der Waals surface area contributed by atoms with Crippen LogP contribution in [0.15, 0.2) is 42.5 Å². The molecule has 128 valence electrons. The monoisotopic (exact) mass is 339 g/mol. The van der Waals surface area contributed by atoms with Gasteiger partial charge < -0.3 is 14.4 Å². The second kappa shape index (κ2) is 7.17. The third kappa shape index (κ3) is 3.68. The van der Waals surface area contributed by atoms with Crippen LogP contribution in [0, 0.1) is 6.92 Å². The highest BCUT2D eigenvalue weighted by Crippen LogP contribution is 2.32. The number of esters is 1. The zero-order valence-corrected chi connectivity index (χ0v) is 13.7. The van der Waals surface area contributed by atoms with Crippen molar-refractivity contribution in [2.75, 3.05) is 24.7 Å². The lowest BCUT2D eigenvalue weighted by molar-refractivity contribution is -0.121. The molecule has 1 heterocycles. The van der Waals surface area contributed by atoms with Gasteiger partial charge in [0.25, 0.3) is 5.91 Å². The molecule has 0 unspecified atom stereocenters. The molecular weight excluding hydrogens is 322 g/mol. The van der Waals surface area contributed by atoms with Crippen LogP contribution in [0.1, 0.15) is 26.3 Å². The molecule has 6 nitrogen and oxygen atoms in total. The molecule has 0 saturated carbocycles. The predicted molar refractivity (Wildman–Crippen MR) is 91.1 cm³/mol. The topological polar surface area (TPSA) is 72.9 Å². The van der Waals surface area contributed by atoms with Gasteiger partial charge in [-0.1, -0.05) is 18.2 Å². The molecule has 0 saturated heterocycles. The van der Waals surface area contributed by atoms with Gasteiger partial charge in [-0.15, -0.1) is 0 Å². The fourth-order valence-corrected chi connectivity index (χ4v) is 2.57. The smallest absolute Gasteiger partial charge is 0.338 e. The van der Waals surface area contributed by atoms with E-state index >= 15 is 0 Å². The molecule has 1 aliphatic heterocycles. The van der Waals surface area contributed by atoms with Crippen molar-refractivity contribution in [3.63, 3.8) is 0 Å². The number of hydrogen-bond donors (Lipinski definition) is 0. The molecule has 0 aliphatic carbocycles. The van der Waals surface area contributed by atoms with Gasteiger partial charge in [-0.05, 0) is 36.8 Å². The van der Waals surface area contributed by atoms with Gasteiger partial charge in [-0.25, -0.2) is 4.79 Å². The Balaban J connectivity index is 1.66. The van der Waals surface area contributed by atoms with Crippen molar-refractivity contribution >= 4 is 23.9 Å². The number of nitrogens with zero attached hydrogens (tertiary/aromatic N) is 1. The number of amides is 1. The lowest BCUT2D eigenvalue weighted by atomic mass is 10.1. The first-order valence-electron chi connectivity index (χ1n) is 7.84. The Kier molecular flexibility index (Phi) is 4.79. The maximum absolute atomic E-state index is 12.5. The molecule has 0 bridgehead atoms. The number of carbonyl (C=O) groups excluding carboxylic acids is 3. The molecule has 0 radical (unpaired) electrons. The van der Waals surface area contributed by atoms with Crippen molar-refractivity contribution in [2.24, 2.45) is 0 Å². The molecule has 0 N–H and O–H groups in total. The van der Waals surface area contributed by atoms with E-state index in [1.54, 1.807) is 4.90 Å². The highest BCUT2D eigenvalue weighted by molar-refractivity contribution is 5.98. The summed E-state index contributed by atoms with van der Waals surface area (Å²) < 4.78 is 10.6. The van der Waals surface area contributed by atoms with Crippen LogP contribution in [0.4, 0.5) is 5.69 Å². The minimum Gasteiger partial charge on any atom is -0.490 e. The van der Waals surface area contributed by atoms with Crippen LogP contribution < -0.4 is 9.64 Å². The number of hydrogen-bond acceptors (Lipinski definition) is 5.